The molecule has 1 heteroatoms. The number of benzene rings is 1. The van der Waals surface area contributed by atoms with Gasteiger partial charge in [-0.3, -0.25) is 0 Å². The van der Waals surface area contributed by atoms with Gasteiger partial charge >= 0.3 is 0 Å². The summed E-state index contributed by atoms with van der Waals surface area (Å²) in [5.41, 5.74) is 2.62. The average molecular weight is 258 g/mol. The van der Waals surface area contributed by atoms with Crippen LogP contribution in [-0.4, -0.2) is 5.11 Å². The van der Waals surface area contributed by atoms with Crippen molar-refractivity contribution in [3.63, 3.8) is 0 Å². The van der Waals surface area contributed by atoms with Crippen molar-refractivity contribution < 1.29 is 5.11 Å². The molecule has 0 saturated heterocycles. The largest absolute Gasteiger partial charge is 0.388 e. The molecule has 0 bridgehead atoms. The predicted octanol–water partition coefficient (Wildman–Crippen LogP) is 4.96. The summed E-state index contributed by atoms with van der Waals surface area (Å²) >= 11 is 0. The van der Waals surface area contributed by atoms with Crippen LogP contribution in [0.5, 0.6) is 0 Å². The molecule has 2 aliphatic carbocycles. The van der Waals surface area contributed by atoms with E-state index in [-0.39, 0.29) is 6.10 Å². The van der Waals surface area contributed by atoms with E-state index < -0.39 is 0 Å². The van der Waals surface area contributed by atoms with Gasteiger partial charge in [-0.2, -0.15) is 0 Å². The zero-order chi connectivity index (χ0) is 13.1. The maximum Gasteiger partial charge on any atom is 0.0818 e. The van der Waals surface area contributed by atoms with Gasteiger partial charge in [0, 0.05) is 0 Å². The molecule has 2 aliphatic rings. The van der Waals surface area contributed by atoms with Gasteiger partial charge in [-0.1, -0.05) is 56.4 Å². The molecule has 2 fully saturated rings. The molecule has 1 N–H and O–H groups in total. The highest BCUT2D eigenvalue weighted by atomic mass is 16.3. The second-order valence-corrected chi connectivity index (χ2v) is 6.49. The molecule has 3 rings (SSSR count). The molecule has 1 aromatic rings. The molecule has 19 heavy (non-hydrogen) atoms. The third-order valence-electron chi connectivity index (χ3n) is 5.18. The lowest BCUT2D eigenvalue weighted by atomic mass is 9.79. The quantitative estimate of drug-likeness (QED) is 0.760. The van der Waals surface area contributed by atoms with Crippen LogP contribution in [-0.2, 0) is 0 Å². The second-order valence-electron chi connectivity index (χ2n) is 6.49. The maximum absolute atomic E-state index is 10.7. The average Bonchev–Trinajstić information content (AvgIpc) is 2.65. The number of aliphatic hydroxyl groups excluding tert-OH is 1. The smallest absolute Gasteiger partial charge is 0.0818 e. The highest BCUT2D eigenvalue weighted by Crippen LogP contribution is 2.39. The van der Waals surface area contributed by atoms with Crippen LogP contribution in [0.25, 0.3) is 0 Å². The molecular formula is C18H26O. The third-order valence-corrected chi connectivity index (χ3v) is 5.18. The van der Waals surface area contributed by atoms with Crippen LogP contribution < -0.4 is 0 Å². The van der Waals surface area contributed by atoms with Crippen molar-refractivity contribution >= 4 is 0 Å². The summed E-state index contributed by atoms with van der Waals surface area (Å²) in [5, 5.41) is 10.7. The number of hydrogen-bond acceptors (Lipinski definition) is 1. The van der Waals surface area contributed by atoms with Crippen molar-refractivity contribution in [3.8, 4) is 0 Å². The normalized spacial score (nSPS) is 23.6. The fraction of sp³-hybridized carbons (Fsp3) is 0.667. The van der Waals surface area contributed by atoms with E-state index in [0.29, 0.717) is 5.92 Å². The van der Waals surface area contributed by atoms with Crippen molar-refractivity contribution in [2.75, 3.05) is 0 Å². The first-order valence-electron chi connectivity index (χ1n) is 8.12. The number of rotatable bonds is 3. The minimum atomic E-state index is -0.238. The highest BCUT2D eigenvalue weighted by Gasteiger charge is 2.24. The van der Waals surface area contributed by atoms with Gasteiger partial charge in [-0.25, -0.2) is 0 Å². The van der Waals surface area contributed by atoms with E-state index in [2.05, 4.69) is 24.3 Å². The first-order valence-corrected chi connectivity index (χ1v) is 8.12. The lowest BCUT2D eigenvalue weighted by Gasteiger charge is -2.27. The zero-order valence-corrected chi connectivity index (χ0v) is 11.9. The van der Waals surface area contributed by atoms with Crippen LogP contribution >= 0.6 is 0 Å². The molecule has 0 radical (unpaired) electrons. The molecule has 2 saturated carbocycles. The Morgan fingerprint density at radius 3 is 2.26 bits per heavy atom. The van der Waals surface area contributed by atoms with Crippen molar-refractivity contribution in [1.29, 1.82) is 0 Å². The Bertz CT molecular complexity index is 400. The van der Waals surface area contributed by atoms with E-state index in [1.807, 2.05) is 0 Å². The van der Waals surface area contributed by atoms with E-state index in [9.17, 15) is 5.11 Å². The van der Waals surface area contributed by atoms with Gasteiger partial charge in [0.1, 0.15) is 0 Å². The molecule has 1 atom stereocenters. The molecule has 1 nitrogen and oxygen atoms in total. The van der Waals surface area contributed by atoms with E-state index in [4.69, 9.17) is 0 Å². The molecule has 0 heterocycles. The standard InChI is InChI=1S/C18H26O/c19-18(15-7-3-1-2-4-8-15)17-12-6-11-16(13-17)14-9-5-10-14/h6,11-15,18-19H,1-5,7-10H2. The lowest BCUT2D eigenvalue weighted by molar-refractivity contribution is 0.0986. The van der Waals surface area contributed by atoms with Crippen LogP contribution in [0.3, 0.4) is 0 Å². The molecule has 0 aliphatic heterocycles. The molecule has 0 amide bonds. The molecular weight excluding hydrogens is 232 g/mol. The van der Waals surface area contributed by atoms with Gasteiger partial charge in [0.05, 0.1) is 6.10 Å². The topological polar surface area (TPSA) is 20.2 Å². The summed E-state index contributed by atoms with van der Waals surface area (Å²) < 4.78 is 0. The first-order chi connectivity index (χ1) is 9.34. The van der Waals surface area contributed by atoms with E-state index >= 15 is 0 Å². The minimum absolute atomic E-state index is 0.238. The van der Waals surface area contributed by atoms with Gasteiger partial charge in [0.2, 0.25) is 0 Å². The SMILES string of the molecule is OC(c1cccc(C2CCC2)c1)C1CCCCCC1. The van der Waals surface area contributed by atoms with Crippen LogP contribution in [0.4, 0.5) is 0 Å². The van der Waals surface area contributed by atoms with E-state index in [1.54, 1.807) is 0 Å². The van der Waals surface area contributed by atoms with Crippen LogP contribution in [0.15, 0.2) is 24.3 Å². The van der Waals surface area contributed by atoms with Crippen molar-refractivity contribution in [3.05, 3.63) is 35.4 Å². The monoisotopic (exact) mass is 258 g/mol. The Balaban J connectivity index is 1.72. The van der Waals surface area contributed by atoms with Crippen LogP contribution in [0.1, 0.15) is 80.9 Å². The molecule has 104 valence electrons. The summed E-state index contributed by atoms with van der Waals surface area (Å²) in [5.74, 6) is 1.25. The van der Waals surface area contributed by atoms with E-state index in [0.717, 1.165) is 11.5 Å². The summed E-state index contributed by atoms with van der Waals surface area (Å²) in [4.78, 5) is 0. The zero-order valence-electron chi connectivity index (χ0n) is 11.9. The van der Waals surface area contributed by atoms with Gasteiger partial charge < -0.3 is 5.11 Å². The minimum Gasteiger partial charge on any atom is -0.388 e. The lowest BCUT2D eigenvalue weighted by Crippen LogP contribution is -2.14. The summed E-state index contributed by atoms with van der Waals surface area (Å²) in [7, 11) is 0. The Hall–Kier alpha value is -0.820. The fourth-order valence-electron chi connectivity index (χ4n) is 3.64. The van der Waals surface area contributed by atoms with Gasteiger partial charge in [-0.15, -0.1) is 0 Å². The van der Waals surface area contributed by atoms with Gasteiger partial charge in [0.15, 0.2) is 0 Å². The molecule has 0 spiro atoms. The summed E-state index contributed by atoms with van der Waals surface area (Å²) in [6, 6.07) is 8.78. The summed E-state index contributed by atoms with van der Waals surface area (Å²) in [6.07, 6.45) is 11.5. The Labute approximate surface area is 117 Å². The number of aliphatic hydroxyl groups is 1. The van der Waals surface area contributed by atoms with Crippen molar-refractivity contribution in [2.24, 2.45) is 5.92 Å². The van der Waals surface area contributed by atoms with Crippen LogP contribution in [0.2, 0.25) is 0 Å². The highest BCUT2D eigenvalue weighted by molar-refractivity contribution is 5.29. The van der Waals surface area contributed by atoms with Gasteiger partial charge in [0.25, 0.3) is 0 Å². The van der Waals surface area contributed by atoms with Crippen molar-refractivity contribution in [1.82, 2.24) is 0 Å². The Morgan fingerprint density at radius 2 is 1.63 bits per heavy atom. The summed E-state index contributed by atoms with van der Waals surface area (Å²) in [6.45, 7) is 0. The molecule has 1 unspecified atom stereocenters. The molecule has 1 aromatic carbocycles. The predicted molar refractivity (Wildman–Crippen MR) is 79.2 cm³/mol. The van der Waals surface area contributed by atoms with E-state index in [1.165, 1.54) is 63.4 Å². The Kier molecular flexibility index (Phi) is 4.22. The van der Waals surface area contributed by atoms with Crippen molar-refractivity contribution in [2.45, 2.75) is 69.8 Å². The maximum atomic E-state index is 10.7. The fourth-order valence-corrected chi connectivity index (χ4v) is 3.64. The van der Waals surface area contributed by atoms with Crippen LogP contribution in [0, 0.1) is 5.92 Å². The Morgan fingerprint density at radius 1 is 0.895 bits per heavy atom. The molecule has 0 aromatic heterocycles. The number of hydrogen-bond donors (Lipinski definition) is 1. The van der Waals surface area contributed by atoms with Gasteiger partial charge in [-0.05, 0) is 48.6 Å². The third kappa shape index (κ3) is 3.02. The first kappa shape index (κ1) is 13.2. The second kappa shape index (κ2) is 6.09.